The van der Waals surface area contributed by atoms with Crippen LogP contribution in [0.4, 0.5) is 4.79 Å². The maximum atomic E-state index is 11.8. The normalized spacial score (nSPS) is 10.1. The Balaban J connectivity index is 1.63. The summed E-state index contributed by atoms with van der Waals surface area (Å²) in [5, 5.41) is 8.62. The van der Waals surface area contributed by atoms with Gasteiger partial charge in [-0.1, -0.05) is 41.9 Å². The predicted molar refractivity (Wildman–Crippen MR) is 101 cm³/mol. The molecule has 0 fully saturated rings. The first kappa shape index (κ1) is 19.6. The maximum Gasteiger partial charge on any atom is 0.315 e. The Labute approximate surface area is 157 Å². The lowest BCUT2D eigenvalue weighted by atomic mass is 10.1. The van der Waals surface area contributed by atoms with Crippen LogP contribution in [-0.4, -0.2) is 32.1 Å². The zero-order chi connectivity index (χ0) is 18.8. The van der Waals surface area contributed by atoms with Crippen molar-refractivity contribution in [2.45, 2.75) is 13.0 Å². The minimum absolute atomic E-state index is 0.0892. The molecule has 26 heavy (non-hydrogen) atoms. The minimum Gasteiger partial charge on any atom is -0.496 e. The Hall–Kier alpha value is -2.73. The molecule has 0 unspecified atom stereocenters. The summed E-state index contributed by atoms with van der Waals surface area (Å²) in [6.45, 7) is 0.736. The van der Waals surface area contributed by atoms with Crippen molar-refractivity contribution in [1.82, 2.24) is 16.0 Å². The van der Waals surface area contributed by atoms with Crippen LogP contribution < -0.4 is 20.7 Å². The molecule has 7 heteroatoms. The molecule has 2 aromatic rings. The maximum absolute atomic E-state index is 11.8. The van der Waals surface area contributed by atoms with Crippen LogP contribution >= 0.6 is 11.6 Å². The third-order valence-electron chi connectivity index (χ3n) is 3.68. The number of hydrogen-bond donors (Lipinski definition) is 3. The number of benzene rings is 2. The van der Waals surface area contributed by atoms with Crippen LogP contribution in [0.5, 0.6) is 5.75 Å². The van der Waals surface area contributed by atoms with E-state index in [1.54, 1.807) is 19.2 Å². The number of urea groups is 1. The van der Waals surface area contributed by atoms with Gasteiger partial charge in [0.25, 0.3) is 0 Å². The van der Waals surface area contributed by atoms with Gasteiger partial charge in [-0.15, -0.1) is 0 Å². The van der Waals surface area contributed by atoms with Crippen molar-refractivity contribution in [3.05, 3.63) is 64.7 Å². The van der Waals surface area contributed by atoms with Crippen LogP contribution in [0.15, 0.2) is 48.5 Å². The summed E-state index contributed by atoms with van der Waals surface area (Å²) >= 11 is 5.81. The van der Waals surface area contributed by atoms with Gasteiger partial charge in [0.2, 0.25) is 5.91 Å². The zero-order valence-electron chi connectivity index (χ0n) is 14.5. The zero-order valence-corrected chi connectivity index (χ0v) is 15.3. The SMILES string of the molecule is COc1ccccc1CCNC(=O)NCC(=O)NCc1ccc(Cl)cc1. The summed E-state index contributed by atoms with van der Waals surface area (Å²) in [6.07, 6.45) is 0.639. The Morgan fingerprint density at radius 3 is 2.46 bits per heavy atom. The van der Waals surface area contributed by atoms with E-state index in [1.165, 1.54) is 0 Å². The molecule has 6 nitrogen and oxygen atoms in total. The van der Waals surface area contributed by atoms with Gasteiger partial charge in [0.15, 0.2) is 0 Å². The van der Waals surface area contributed by atoms with Gasteiger partial charge in [0, 0.05) is 18.1 Å². The van der Waals surface area contributed by atoms with Crippen LogP contribution in [0.25, 0.3) is 0 Å². The topological polar surface area (TPSA) is 79.5 Å². The first-order chi connectivity index (χ1) is 12.6. The molecule has 0 aliphatic heterocycles. The Kier molecular flexibility index (Phi) is 7.76. The lowest BCUT2D eigenvalue weighted by molar-refractivity contribution is -0.120. The highest BCUT2D eigenvalue weighted by Gasteiger charge is 2.06. The number of para-hydroxylation sites is 1. The molecule has 2 rings (SSSR count). The highest BCUT2D eigenvalue weighted by molar-refractivity contribution is 6.30. The van der Waals surface area contributed by atoms with Crippen LogP contribution in [0, 0.1) is 0 Å². The lowest BCUT2D eigenvalue weighted by Crippen LogP contribution is -2.42. The molecule has 0 radical (unpaired) electrons. The first-order valence-corrected chi connectivity index (χ1v) is 8.61. The van der Waals surface area contributed by atoms with Crippen LogP contribution in [0.3, 0.4) is 0 Å². The molecule has 0 saturated carbocycles. The Morgan fingerprint density at radius 2 is 1.73 bits per heavy atom. The molecule has 3 amide bonds. The van der Waals surface area contributed by atoms with E-state index >= 15 is 0 Å². The van der Waals surface area contributed by atoms with Gasteiger partial charge in [-0.25, -0.2) is 4.79 Å². The molecule has 0 spiro atoms. The number of halogens is 1. The molecule has 0 saturated heterocycles. The Morgan fingerprint density at radius 1 is 1.00 bits per heavy atom. The van der Waals surface area contributed by atoms with E-state index in [0.29, 0.717) is 24.5 Å². The fourth-order valence-electron chi connectivity index (χ4n) is 2.31. The summed E-state index contributed by atoms with van der Waals surface area (Å²) in [4.78, 5) is 23.5. The fraction of sp³-hybridized carbons (Fsp3) is 0.263. The average molecular weight is 376 g/mol. The minimum atomic E-state index is -0.387. The number of carbonyl (C=O) groups is 2. The van der Waals surface area contributed by atoms with Gasteiger partial charge in [-0.3, -0.25) is 4.79 Å². The van der Waals surface area contributed by atoms with E-state index in [1.807, 2.05) is 36.4 Å². The van der Waals surface area contributed by atoms with Gasteiger partial charge in [-0.2, -0.15) is 0 Å². The summed E-state index contributed by atoms with van der Waals surface area (Å²) in [6, 6.07) is 14.4. The number of ether oxygens (including phenoxy) is 1. The number of hydrogen-bond acceptors (Lipinski definition) is 3. The van der Waals surface area contributed by atoms with Crippen LogP contribution in [-0.2, 0) is 17.8 Å². The Bertz CT molecular complexity index is 735. The van der Waals surface area contributed by atoms with Gasteiger partial charge in [-0.05, 0) is 35.7 Å². The van der Waals surface area contributed by atoms with Crippen molar-refractivity contribution in [3.8, 4) is 5.75 Å². The molecule has 3 N–H and O–H groups in total. The second-order valence-electron chi connectivity index (χ2n) is 5.57. The predicted octanol–water partition coefficient (Wildman–Crippen LogP) is 2.51. The van der Waals surface area contributed by atoms with E-state index < -0.39 is 0 Å². The van der Waals surface area contributed by atoms with Crippen molar-refractivity contribution in [2.75, 3.05) is 20.2 Å². The molecule has 2 aromatic carbocycles. The smallest absolute Gasteiger partial charge is 0.315 e. The molecule has 0 heterocycles. The van der Waals surface area contributed by atoms with E-state index in [4.69, 9.17) is 16.3 Å². The molecule has 0 aliphatic rings. The van der Waals surface area contributed by atoms with Crippen molar-refractivity contribution in [3.63, 3.8) is 0 Å². The summed E-state index contributed by atoms with van der Waals surface area (Å²) < 4.78 is 5.26. The quantitative estimate of drug-likeness (QED) is 0.663. The molecule has 138 valence electrons. The molecule has 0 atom stereocenters. The van der Waals surface area contributed by atoms with E-state index in [0.717, 1.165) is 16.9 Å². The second kappa shape index (κ2) is 10.3. The van der Waals surface area contributed by atoms with Gasteiger partial charge in [0.05, 0.1) is 13.7 Å². The standard InChI is InChI=1S/C19H22ClN3O3/c1-26-17-5-3-2-4-15(17)10-11-21-19(25)23-13-18(24)22-12-14-6-8-16(20)9-7-14/h2-9H,10-13H2,1H3,(H,22,24)(H2,21,23,25). The number of nitrogens with one attached hydrogen (secondary N) is 3. The van der Waals surface area contributed by atoms with Crippen LogP contribution in [0.1, 0.15) is 11.1 Å². The van der Waals surface area contributed by atoms with Gasteiger partial charge >= 0.3 is 6.03 Å². The van der Waals surface area contributed by atoms with Crippen molar-refractivity contribution >= 4 is 23.5 Å². The van der Waals surface area contributed by atoms with Gasteiger partial charge < -0.3 is 20.7 Å². The highest BCUT2D eigenvalue weighted by atomic mass is 35.5. The van der Waals surface area contributed by atoms with E-state index in [9.17, 15) is 9.59 Å². The largest absolute Gasteiger partial charge is 0.496 e. The average Bonchev–Trinajstić information content (AvgIpc) is 2.66. The number of rotatable bonds is 8. The highest BCUT2D eigenvalue weighted by Crippen LogP contribution is 2.17. The molecular formula is C19H22ClN3O3. The second-order valence-corrected chi connectivity index (χ2v) is 6.01. The van der Waals surface area contributed by atoms with Crippen molar-refractivity contribution in [2.24, 2.45) is 0 Å². The summed E-state index contributed by atoms with van der Waals surface area (Å²) in [5.41, 5.74) is 1.94. The number of amides is 3. The van der Waals surface area contributed by atoms with Crippen molar-refractivity contribution < 1.29 is 14.3 Å². The third kappa shape index (κ3) is 6.64. The van der Waals surface area contributed by atoms with Gasteiger partial charge in [0.1, 0.15) is 5.75 Å². The van der Waals surface area contributed by atoms with Crippen molar-refractivity contribution in [1.29, 1.82) is 0 Å². The fourth-order valence-corrected chi connectivity index (χ4v) is 2.43. The first-order valence-electron chi connectivity index (χ1n) is 8.23. The van der Waals surface area contributed by atoms with Crippen LogP contribution in [0.2, 0.25) is 5.02 Å². The number of carbonyl (C=O) groups excluding carboxylic acids is 2. The van der Waals surface area contributed by atoms with E-state index in [-0.39, 0.29) is 18.5 Å². The molecule has 0 aromatic heterocycles. The lowest BCUT2D eigenvalue weighted by Gasteiger charge is -2.10. The molecular weight excluding hydrogens is 354 g/mol. The molecule has 0 aliphatic carbocycles. The van der Waals surface area contributed by atoms with E-state index in [2.05, 4.69) is 16.0 Å². The third-order valence-corrected chi connectivity index (χ3v) is 3.94. The summed E-state index contributed by atoms with van der Waals surface area (Å²) in [5.74, 6) is 0.524. The monoisotopic (exact) mass is 375 g/mol. The number of methoxy groups -OCH3 is 1. The molecule has 0 bridgehead atoms. The summed E-state index contributed by atoms with van der Waals surface area (Å²) in [7, 11) is 1.61.